The van der Waals surface area contributed by atoms with Crippen molar-refractivity contribution in [1.29, 1.82) is 0 Å². The largest absolute Gasteiger partial charge is 0.382 e. The molecule has 0 aliphatic rings. The summed E-state index contributed by atoms with van der Waals surface area (Å²) in [6.45, 7) is 0.0455. The molecule has 80 valence electrons. The number of hydrogen-bond acceptors (Lipinski definition) is 6. The Morgan fingerprint density at radius 3 is 3.07 bits per heavy atom. The average molecular weight is 209 g/mol. The van der Waals surface area contributed by atoms with Gasteiger partial charge in [0, 0.05) is 19.8 Å². The summed E-state index contributed by atoms with van der Waals surface area (Å²) in [6, 6.07) is 1.75. The molecule has 7 heteroatoms. The lowest BCUT2D eigenvalue weighted by Gasteiger charge is -1.97. The molecular formula is C8H11N5O2. The second kappa shape index (κ2) is 3.79. The third kappa shape index (κ3) is 1.88. The van der Waals surface area contributed by atoms with Gasteiger partial charge in [-0.25, -0.2) is 0 Å². The van der Waals surface area contributed by atoms with Crippen molar-refractivity contribution in [2.45, 2.75) is 6.10 Å². The molecule has 1 unspecified atom stereocenters. The van der Waals surface area contributed by atoms with Crippen molar-refractivity contribution in [3.63, 3.8) is 0 Å². The smallest absolute Gasteiger partial charge is 0.257 e. The minimum atomic E-state index is -0.921. The van der Waals surface area contributed by atoms with Crippen LogP contribution in [0.2, 0.25) is 0 Å². The lowest BCUT2D eigenvalue weighted by atomic mass is 10.3. The van der Waals surface area contributed by atoms with Gasteiger partial charge in [0.15, 0.2) is 0 Å². The molecule has 3 N–H and O–H groups in total. The summed E-state index contributed by atoms with van der Waals surface area (Å²) in [6.07, 6.45) is 0.847. The molecule has 0 aliphatic carbocycles. The molecule has 0 saturated heterocycles. The molecule has 7 nitrogen and oxygen atoms in total. The van der Waals surface area contributed by atoms with E-state index in [0.717, 1.165) is 0 Å². The summed E-state index contributed by atoms with van der Waals surface area (Å²) >= 11 is 0. The molecule has 0 saturated carbocycles. The normalized spacial score (nSPS) is 13.0. The Bertz CT molecular complexity index is 449. The minimum Gasteiger partial charge on any atom is -0.382 e. The minimum absolute atomic E-state index is 0.0455. The van der Waals surface area contributed by atoms with Gasteiger partial charge in [0.05, 0.1) is 0 Å². The highest BCUT2D eigenvalue weighted by Gasteiger charge is 2.16. The fourth-order valence-electron chi connectivity index (χ4n) is 1.11. The highest BCUT2D eigenvalue weighted by molar-refractivity contribution is 5.46. The van der Waals surface area contributed by atoms with Gasteiger partial charge < -0.3 is 15.4 Å². The molecule has 2 heterocycles. The van der Waals surface area contributed by atoms with Crippen LogP contribution in [0, 0.1) is 0 Å². The van der Waals surface area contributed by atoms with E-state index in [1.807, 2.05) is 0 Å². The molecule has 0 radical (unpaired) electrons. The zero-order chi connectivity index (χ0) is 10.8. The number of aliphatic hydroxyl groups is 1. The van der Waals surface area contributed by atoms with E-state index < -0.39 is 6.10 Å². The molecule has 1 atom stereocenters. The molecular weight excluding hydrogens is 198 g/mol. The van der Waals surface area contributed by atoms with Gasteiger partial charge in [0.25, 0.3) is 5.89 Å². The number of nitrogens with zero attached hydrogens (tertiary/aromatic N) is 4. The van der Waals surface area contributed by atoms with Crippen LogP contribution in [0.25, 0.3) is 11.5 Å². The van der Waals surface area contributed by atoms with Crippen LogP contribution in [-0.4, -0.2) is 31.6 Å². The number of nitrogens with two attached hydrogens (primary N) is 1. The molecule has 0 bridgehead atoms. The van der Waals surface area contributed by atoms with Crippen LogP contribution in [0.1, 0.15) is 12.0 Å². The van der Waals surface area contributed by atoms with Crippen molar-refractivity contribution in [3.8, 4) is 11.5 Å². The summed E-state index contributed by atoms with van der Waals surface area (Å²) in [5.74, 6) is 0.455. The second-order valence-electron chi connectivity index (χ2n) is 3.08. The molecule has 0 aliphatic heterocycles. The van der Waals surface area contributed by atoms with E-state index in [1.54, 1.807) is 24.0 Å². The van der Waals surface area contributed by atoms with Gasteiger partial charge in [-0.05, 0) is 6.07 Å². The maximum atomic E-state index is 9.35. The van der Waals surface area contributed by atoms with Crippen molar-refractivity contribution in [2.75, 3.05) is 6.54 Å². The Balaban J connectivity index is 2.27. The second-order valence-corrected chi connectivity index (χ2v) is 3.08. The number of hydrogen-bond donors (Lipinski definition) is 2. The Labute approximate surface area is 85.5 Å². The third-order valence-electron chi connectivity index (χ3n) is 1.89. The fraction of sp³-hybridized carbons (Fsp3) is 0.375. The van der Waals surface area contributed by atoms with Gasteiger partial charge in [0.1, 0.15) is 11.8 Å². The van der Waals surface area contributed by atoms with Gasteiger partial charge in [-0.1, -0.05) is 5.16 Å². The van der Waals surface area contributed by atoms with E-state index in [4.69, 9.17) is 10.3 Å². The summed E-state index contributed by atoms with van der Waals surface area (Å²) in [5.41, 5.74) is 5.85. The number of aliphatic hydroxyl groups excluding tert-OH is 1. The van der Waals surface area contributed by atoms with Gasteiger partial charge in [0.2, 0.25) is 5.82 Å². The highest BCUT2D eigenvalue weighted by Crippen LogP contribution is 2.15. The zero-order valence-electron chi connectivity index (χ0n) is 8.16. The lowest BCUT2D eigenvalue weighted by Crippen LogP contribution is -2.11. The van der Waals surface area contributed by atoms with E-state index >= 15 is 0 Å². The molecule has 2 aromatic heterocycles. The Hall–Kier alpha value is -1.73. The number of aryl methyl sites for hydroxylation is 1. The van der Waals surface area contributed by atoms with E-state index in [1.165, 1.54) is 0 Å². The first-order valence-electron chi connectivity index (χ1n) is 4.42. The zero-order valence-corrected chi connectivity index (χ0v) is 8.16. The van der Waals surface area contributed by atoms with Crippen LogP contribution in [0.15, 0.2) is 16.8 Å². The van der Waals surface area contributed by atoms with Crippen LogP contribution in [0.5, 0.6) is 0 Å². The van der Waals surface area contributed by atoms with Gasteiger partial charge in [-0.15, -0.1) is 0 Å². The molecule has 2 aromatic rings. The first-order chi connectivity index (χ1) is 7.20. The van der Waals surface area contributed by atoms with Crippen LogP contribution in [-0.2, 0) is 7.05 Å². The molecule has 0 aromatic carbocycles. The molecule has 15 heavy (non-hydrogen) atoms. The van der Waals surface area contributed by atoms with E-state index in [0.29, 0.717) is 11.5 Å². The standard InChI is InChI=1S/C8H11N5O2/c1-13-3-2-5(11-13)7-10-8(15-12-7)6(14)4-9/h2-3,6,14H,4,9H2,1H3. The molecule has 0 fully saturated rings. The Morgan fingerprint density at radius 2 is 2.47 bits per heavy atom. The lowest BCUT2D eigenvalue weighted by molar-refractivity contribution is 0.141. The fourth-order valence-corrected chi connectivity index (χ4v) is 1.11. The number of aromatic nitrogens is 4. The van der Waals surface area contributed by atoms with E-state index in [9.17, 15) is 5.11 Å². The summed E-state index contributed by atoms with van der Waals surface area (Å²) in [7, 11) is 1.79. The van der Waals surface area contributed by atoms with Crippen LogP contribution in [0.3, 0.4) is 0 Å². The van der Waals surface area contributed by atoms with E-state index in [2.05, 4.69) is 15.2 Å². The van der Waals surface area contributed by atoms with Crippen molar-refractivity contribution in [1.82, 2.24) is 19.9 Å². The van der Waals surface area contributed by atoms with Crippen molar-refractivity contribution >= 4 is 0 Å². The predicted molar refractivity (Wildman–Crippen MR) is 50.5 cm³/mol. The van der Waals surface area contributed by atoms with Crippen LogP contribution >= 0.6 is 0 Å². The van der Waals surface area contributed by atoms with Gasteiger partial charge in [-0.2, -0.15) is 10.1 Å². The van der Waals surface area contributed by atoms with E-state index in [-0.39, 0.29) is 12.4 Å². The van der Waals surface area contributed by atoms with Crippen molar-refractivity contribution < 1.29 is 9.63 Å². The van der Waals surface area contributed by atoms with Gasteiger partial charge in [-0.3, -0.25) is 4.68 Å². The average Bonchev–Trinajstić information content (AvgIpc) is 2.84. The maximum Gasteiger partial charge on any atom is 0.257 e. The highest BCUT2D eigenvalue weighted by atomic mass is 16.5. The first-order valence-corrected chi connectivity index (χ1v) is 4.42. The summed E-state index contributed by atoms with van der Waals surface area (Å²) in [4.78, 5) is 3.98. The van der Waals surface area contributed by atoms with Crippen molar-refractivity contribution in [2.24, 2.45) is 12.8 Å². The topological polar surface area (TPSA) is 103 Å². The maximum absolute atomic E-state index is 9.35. The first kappa shape index (κ1) is 9.81. The monoisotopic (exact) mass is 209 g/mol. The molecule has 0 amide bonds. The van der Waals surface area contributed by atoms with Gasteiger partial charge >= 0.3 is 0 Å². The quantitative estimate of drug-likeness (QED) is 0.703. The molecule has 2 rings (SSSR count). The molecule has 0 spiro atoms. The Morgan fingerprint density at radius 1 is 1.67 bits per heavy atom. The SMILES string of the molecule is Cn1ccc(-c2noc(C(O)CN)n2)n1. The number of rotatable bonds is 3. The van der Waals surface area contributed by atoms with Crippen molar-refractivity contribution in [3.05, 3.63) is 18.2 Å². The van der Waals surface area contributed by atoms with Crippen LogP contribution in [0.4, 0.5) is 0 Å². The third-order valence-corrected chi connectivity index (χ3v) is 1.89. The summed E-state index contributed by atoms with van der Waals surface area (Å²) < 4.78 is 6.47. The van der Waals surface area contributed by atoms with Crippen LogP contribution < -0.4 is 5.73 Å². The predicted octanol–water partition coefficient (Wildman–Crippen LogP) is -0.538. The summed E-state index contributed by atoms with van der Waals surface area (Å²) in [5, 5.41) is 17.1. The Kier molecular flexibility index (Phi) is 2.48.